The van der Waals surface area contributed by atoms with Crippen LogP contribution in [0.2, 0.25) is 0 Å². The van der Waals surface area contributed by atoms with E-state index in [0.29, 0.717) is 18.9 Å². The lowest BCUT2D eigenvalue weighted by molar-refractivity contribution is -0.278. The SMILES string of the molecule is COC1C2=C(C)CCC(O)(CC3C4COC4CC(OC)C3(C)C1O)C2(C)C. The van der Waals surface area contributed by atoms with Crippen LogP contribution in [0.4, 0.5) is 0 Å². The van der Waals surface area contributed by atoms with Crippen molar-refractivity contribution in [3.05, 3.63) is 11.1 Å². The van der Waals surface area contributed by atoms with Gasteiger partial charge in [-0.05, 0) is 37.7 Å². The molecule has 27 heavy (non-hydrogen) atoms. The quantitative estimate of drug-likeness (QED) is 0.721. The van der Waals surface area contributed by atoms with Gasteiger partial charge in [0.25, 0.3) is 0 Å². The number of allylic oxidation sites excluding steroid dienone is 1. The molecule has 2 bridgehead atoms. The van der Waals surface area contributed by atoms with Crippen molar-refractivity contribution in [2.45, 2.75) is 83.4 Å². The molecule has 4 rings (SSSR count). The summed E-state index contributed by atoms with van der Waals surface area (Å²) in [6, 6.07) is 0. The summed E-state index contributed by atoms with van der Waals surface area (Å²) in [6.45, 7) is 9.23. The van der Waals surface area contributed by atoms with E-state index in [1.165, 1.54) is 5.57 Å². The number of aliphatic hydroxyl groups excluding tert-OH is 1. The Morgan fingerprint density at radius 2 is 1.85 bits per heavy atom. The van der Waals surface area contributed by atoms with E-state index in [9.17, 15) is 10.2 Å². The molecule has 1 aliphatic heterocycles. The normalized spacial score (nSPS) is 51.6. The van der Waals surface area contributed by atoms with Crippen LogP contribution in [-0.2, 0) is 14.2 Å². The van der Waals surface area contributed by atoms with Gasteiger partial charge < -0.3 is 24.4 Å². The number of ether oxygens (including phenoxy) is 3. The lowest BCUT2D eigenvalue weighted by Crippen LogP contribution is -2.69. The first kappa shape index (κ1) is 19.8. The minimum Gasteiger partial charge on any atom is -0.389 e. The first-order valence-electron chi connectivity index (χ1n) is 10.4. The molecular weight excluding hydrogens is 344 g/mol. The average Bonchev–Trinajstić information content (AvgIpc) is 2.59. The molecule has 2 saturated carbocycles. The Morgan fingerprint density at radius 3 is 2.41 bits per heavy atom. The smallest absolute Gasteiger partial charge is 0.105 e. The summed E-state index contributed by atoms with van der Waals surface area (Å²) in [6.07, 6.45) is 2.00. The molecule has 0 radical (unpaired) electrons. The second kappa shape index (κ2) is 6.27. The zero-order valence-corrected chi connectivity index (χ0v) is 17.6. The molecule has 4 aliphatic rings. The Balaban J connectivity index is 1.91. The Labute approximate surface area is 163 Å². The van der Waals surface area contributed by atoms with Gasteiger partial charge in [0, 0.05) is 37.4 Å². The Hall–Kier alpha value is -0.460. The van der Waals surface area contributed by atoms with E-state index in [1.807, 2.05) is 0 Å². The van der Waals surface area contributed by atoms with Crippen molar-refractivity contribution in [3.63, 3.8) is 0 Å². The maximum absolute atomic E-state index is 11.9. The molecule has 5 nitrogen and oxygen atoms in total. The minimum atomic E-state index is -0.819. The van der Waals surface area contributed by atoms with Crippen LogP contribution in [0.1, 0.15) is 53.4 Å². The summed E-state index contributed by atoms with van der Waals surface area (Å²) in [7, 11) is 3.40. The lowest BCUT2D eigenvalue weighted by atomic mass is 9.47. The lowest BCUT2D eigenvalue weighted by Gasteiger charge is -2.64. The third-order valence-corrected chi connectivity index (χ3v) is 8.95. The van der Waals surface area contributed by atoms with E-state index in [2.05, 4.69) is 27.7 Å². The van der Waals surface area contributed by atoms with Gasteiger partial charge in [-0.15, -0.1) is 0 Å². The first-order valence-corrected chi connectivity index (χ1v) is 10.4. The van der Waals surface area contributed by atoms with Gasteiger partial charge >= 0.3 is 0 Å². The third kappa shape index (κ3) is 2.42. The molecule has 0 aromatic carbocycles. The molecule has 3 fully saturated rings. The number of aliphatic hydroxyl groups is 2. The Kier molecular flexibility index (Phi) is 4.60. The van der Waals surface area contributed by atoms with Crippen LogP contribution in [-0.4, -0.2) is 61.1 Å². The van der Waals surface area contributed by atoms with E-state index in [4.69, 9.17) is 14.2 Å². The van der Waals surface area contributed by atoms with Gasteiger partial charge in [-0.3, -0.25) is 0 Å². The standard InChI is InChI=1S/C22H36O5/c1-12-7-8-22(24)10-14-13-11-27-15(13)9-16(25-5)21(14,4)19(23)18(26-6)17(12)20(22,2)3/h13-16,18-19,23-24H,7-11H2,1-6H3. The highest BCUT2D eigenvalue weighted by Gasteiger charge is 2.66. The molecule has 0 aromatic rings. The van der Waals surface area contributed by atoms with Crippen molar-refractivity contribution in [3.8, 4) is 0 Å². The van der Waals surface area contributed by atoms with Crippen LogP contribution in [0.25, 0.3) is 0 Å². The Morgan fingerprint density at radius 1 is 1.15 bits per heavy atom. The van der Waals surface area contributed by atoms with Crippen LogP contribution in [0.3, 0.4) is 0 Å². The van der Waals surface area contributed by atoms with Crippen molar-refractivity contribution in [2.24, 2.45) is 22.7 Å². The van der Waals surface area contributed by atoms with Crippen molar-refractivity contribution in [1.82, 2.24) is 0 Å². The van der Waals surface area contributed by atoms with Crippen LogP contribution in [0.15, 0.2) is 11.1 Å². The van der Waals surface area contributed by atoms with Crippen LogP contribution < -0.4 is 0 Å². The zero-order valence-electron chi connectivity index (χ0n) is 17.6. The number of rotatable bonds is 2. The molecule has 8 unspecified atom stereocenters. The second-order valence-corrected chi connectivity index (χ2v) is 10.1. The molecule has 0 spiro atoms. The number of hydrogen-bond donors (Lipinski definition) is 2. The molecule has 8 atom stereocenters. The van der Waals surface area contributed by atoms with E-state index >= 15 is 0 Å². The van der Waals surface area contributed by atoms with Gasteiger partial charge in [0.2, 0.25) is 0 Å². The van der Waals surface area contributed by atoms with Gasteiger partial charge in [-0.1, -0.05) is 26.3 Å². The second-order valence-electron chi connectivity index (χ2n) is 10.1. The minimum absolute atomic E-state index is 0.122. The molecule has 1 saturated heterocycles. The predicted octanol–water partition coefficient (Wildman–Crippen LogP) is 2.69. The molecule has 1 heterocycles. The number of methoxy groups -OCH3 is 2. The summed E-state index contributed by atoms with van der Waals surface area (Å²) < 4.78 is 17.7. The predicted molar refractivity (Wildman–Crippen MR) is 102 cm³/mol. The van der Waals surface area contributed by atoms with Crippen molar-refractivity contribution in [1.29, 1.82) is 0 Å². The summed E-state index contributed by atoms with van der Waals surface area (Å²) in [5.41, 5.74) is 0.562. The molecular formula is C22H36O5. The topological polar surface area (TPSA) is 68.2 Å². The molecule has 5 heteroatoms. The largest absolute Gasteiger partial charge is 0.389 e. The monoisotopic (exact) mass is 380 g/mol. The highest BCUT2D eigenvalue weighted by atomic mass is 16.5. The van der Waals surface area contributed by atoms with Crippen LogP contribution in [0, 0.1) is 22.7 Å². The molecule has 0 amide bonds. The fraction of sp³-hybridized carbons (Fsp3) is 0.909. The van der Waals surface area contributed by atoms with Gasteiger partial charge in [0.15, 0.2) is 0 Å². The average molecular weight is 381 g/mol. The number of fused-ring (bicyclic) bond motifs is 5. The van der Waals surface area contributed by atoms with Crippen LogP contribution in [0.5, 0.6) is 0 Å². The first-order chi connectivity index (χ1) is 12.6. The van der Waals surface area contributed by atoms with Crippen molar-refractivity contribution >= 4 is 0 Å². The maximum atomic E-state index is 11.9. The van der Waals surface area contributed by atoms with Crippen LogP contribution >= 0.6 is 0 Å². The van der Waals surface area contributed by atoms with Gasteiger partial charge in [-0.25, -0.2) is 0 Å². The summed E-state index contributed by atoms with van der Waals surface area (Å²) in [5, 5.41) is 23.7. The van der Waals surface area contributed by atoms with Gasteiger partial charge in [0.1, 0.15) is 6.10 Å². The summed E-state index contributed by atoms with van der Waals surface area (Å²) in [4.78, 5) is 0. The van der Waals surface area contributed by atoms with E-state index in [-0.39, 0.29) is 18.1 Å². The Bertz CT molecular complexity index is 643. The van der Waals surface area contributed by atoms with Gasteiger partial charge in [0.05, 0.1) is 30.5 Å². The fourth-order valence-corrected chi connectivity index (χ4v) is 6.93. The fourth-order valence-electron chi connectivity index (χ4n) is 6.93. The molecule has 154 valence electrons. The van der Waals surface area contributed by atoms with E-state index in [1.54, 1.807) is 14.2 Å². The maximum Gasteiger partial charge on any atom is 0.105 e. The zero-order chi connectivity index (χ0) is 19.8. The third-order valence-electron chi connectivity index (χ3n) is 8.95. The number of hydrogen-bond acceptors (Lipinski definition) is 5. The molecule has 3 aliphatic carbocycles. The highest BCUT2D eigenvalue weighted by molar-refractivity contribution is 5.35. The van der Waals surface area contributed by atoms with E-state index < -0.39 is 28.6 Å². The highest BCUT2D eigenvalue weighted by Crippen LogP contribution is 2.62. The van der Waals surface area contributed by atoms with E-state index in [0.717, 1.165) is 24.8 Å². The van der Waals surface area contributed by atoms with Crippen molar-refractivity contribution in [2.75, 3.05) is 20.8 Å². The molecule has 2 N–H and O–H groups in total. The summed E-state index contributed by atoms with van der Waals surface area (Å²) >= 11 is 0. The van der Waals surface area contributed by atoms with Gasteiger partial charge in [-0.2, -0.15) is 0 Å². The molecule has 0 aromatic heterocycles. The summed E-state index contributed by atoms with van der Waals surface area (Å²) in [5.74, 6) is 0.494. The van der Waals surface area contributed by atoms with Crippen molar-refractivity contribution < 1.29 is 24.4 Å².